The number of carbonyl (C=O) groups is 1. The third-order valence-corrected chi connectivity index (χ3v) is 5.72. The van der Waals surface area contributed by atoms with Gasteiger partial charge in [0.05, 0.1) is 12.7 Å². The Morgan fingerprint density at radius 3 is 2.36 bits per heavy atom. The molecule has 1 amide bonds. The Labute approximate surface area is 193 Å². The SMILES string of the molecule is C.C.CCN1CC(=O)N(CC)c2cnc(NC3CC(c4ccc(OC(F)(F)F)cc4)C3)nc21. The van der Waals surface area contributed by atoms with Crippen LogP contribution in [0, 0.1) is 0 Å². The first-order valence-corrected chi connectivity index (χ1v) is 10.3. The second-order valence-electron chi connectivity index (χ2n) is 7.68. The summed E-state index contributed by atoms with van der Waals surface area (Å²) in [5, 5.41) is 3.33. The number of hydrogen-bond donors (Lipinski definition) is 1. The van der Waals surface area contributed by atoms with Crippen molar-refractivity contribution in [2.24, 2.45) is 0 Å². The van der Waals surface area contributed by atoms with Gasteiger partial charge in [-0.2, -0.15) is 4.98 Å². The summed E-state index contributed by atoms with van der Waals surface area (Å²) in [6.07, 6.45) is -1.34. The normalized spacial score (nSPS) is 19.6. The Balaban J connectivity index is 0.00000193. The van der Waals surface area contributed by atoms with E-state index < -0.39 is 6.36 Å². The van der Waals surface area contributed by atoms with E-state index in [1.807, 2.05) is 18.7 Å². The van der Waals surface area contributed by atoms with Gasteiger partial charge in [-0.1, -0.05) is 27.0 Å². The summed E-state index contributed by atoms with van der Waals surface area (Å²) >= 11 is 0. The number of aromatic nitrogens is 2. The number of amides is 1. The predicted molar refractivity (Wildman–Crippen MR) is 124 cm³/mol. The van der Waals surface area contributed by atoms with E-state index in [0.29, 0.717) is 25.6 Å². The third kappa shape index (κ3) is 5.66. The van der Waals surface area contributed by atoms with E-state index in [-0.39, 0.29) is 38.5 Å². The fourth-order valence-corrected chi connectivity index (χ4v) is 4.06. The van der Waals surface area contributed by atoms with Gasteiger partial charge in [-0.05, 0) is 50.3 Å². The van der Waals surface area contributed by atoms with Gasteiger partial charge < -0.3 is 19.9 Å². The number of hydrogen-bond acceptors (Lipinski definition) is 6. The van der Waals surface area contributed by atoms with Crippen molar-refractivity contribution in [3.05, 3.63) is 36.0 Å². The molecule has 0 unspecified atom stereocenters. The van der Waals surface area contributed by atoms with E-state index in [4.69, 9.17) is 0 Å². The minimum atomic E-state index is -4.68. The molecule has 0 radical (unpaired) electrons. The topological polar surface area (TPSA) is 70.6 Å². The molecule has 10 heteroatoms. The van der Waals surface area contributed by atoms with Gasteiger partial charge in [0.25, 0.3) is 0 Å². The van der Waals surface area contributed by atoms with Gasteiger partial charge >= 0.3 is 6.36 Å². The quantitative estimate of drug-likeness (QED) is 0.630. The predicted octanol–water partition coefficient (Wildman–Crippen LogP) is 5.20. The maximum atomic E-state index is 12.3. The molecule has 33 heavy (non-hydrogen) atoms. The summed E-state index contributed by atoms with van der Waals surface area (Å²) in [4.78, 5) is 25.0. The summed E-state index contributed by atoms with van der Waals surface area (Å²) in [6.45, 7) is 5.44. The van der Waals surface area contributed by atoms with Gasteiger partial charge in [-0.15, -0.1) is 13.2 Å². The molecule has 1 aromatic carbocycles. The second-order valence-corrected chi connectivity index (χ2v) is 7.68. The lowest BCUT2D eigenvalue weighted by Crippen LogP contribution is -2.46. The summed E-state index contributed by atoms with van der Waals surface area (Å²) in [5.74, 6) is 1.34. The number of alkyl halides is 3. The van der Waals surface area contributed by atoms with Crippen molar-refractivity contribution in [1.82, 2.24) is 9.97 Å². The highest BCUT2D eigenvalue weighted by molar-refractivity contribution is 6.02. The standard InChI is InChI=1S/C21H24F3N5O2.2CH4/c1-3-28-12-18(30)29(4-2)17-11-25-20(27-19(17)28)26-15-9-14(10-15)13-5-7-16(8-6-13)31-21(22,23)24;;/h5-8,11,14-15H,3-4,9-10,12H2,1-2H3,(H,25,26,27);2*1H4. The monoisotopic (exact) mass is 467 g/mol. The molecule has 1 saturated carbocycles. The van der Waals surface area contributed by atoms with Crippen molar-refractivity contribution in [3.8, 4) is 5.75 Å². The first kappa shape index (κ1) is 26.2. The number of halogens is 3. The van der Waals surface area contributed by atoms with Gasteiger partial charge in [0, 0.05) is 19.1 Å². The second kappa shape index (κ2) is 10.3. The molecule has 0 bridgehead atoms. The molecule has 1 aromatic heterocycles. The molecule has 0 atom stereocenters. The molecule has 182 valence electrons. The lowest BCUT2D eigenvalue weighted by molar-refractivity contribution is -0.274. The van der Waals surface area contributed by atoms with Crippen LogP contribution in [0.25, 0.3) is 0 Å². The first-order chi connectivity index (χ1) is 14.8. The van der Waals surface area contributed by atoms with Crippen LogP contribution in [0.15, 0.2) is 30.5 Å². The van der Waals surface area contributed by atoms with Crippen LogP contribution in [-0.4, -0.2) is 47.9 Å². The highest BCUT2D eigenvalue weighted by Gasteiger charge is 2.34. The van der Waals surface area contributed by atoms with Crippen molar-refractivity contribution in [2.75, 3.05) is 34.8 Å². The zero-order valence-electron chi connectivity index (χ0n) is 17.3. The van der Waals surface area contributed by atoms with Crippen molar-refractivity contribution in [1.29, 1.82) is 0 Å². The van der Waals surface area contributed by atoms with E-state index in [1.165, 1.54) is 12.1 Å². The molecular formula is C23H32F3N5O2. The van der Waals surface area contributed by atoms with Crippen molar-refractivity contribution < 1.29 is 22.7 Å². The Morgan fingerprint density at radius 2 is 1.79 bits per heavy atom. The summed E-state index contributed by atoms with van der Waals surface area (Å²) in [7, 11) is 0. The van der Waals surface area contributed by atoms with E-state index in [9.17, 15) is 18.0 Å². The summed E-state index contributed by atoms with van der Waals surface area (Å²) in [5.41, 5.74) is 1.70. The number of nitrogens with zero attached hydrogens (tertiary/aromatic N) is 4. The molecule has 1 N–H and O–H groups in total. The third-order valence-electron chi connectivity index (χ3n) is 5.72. The maximum absolute atomic E-state index is 12.3. The van der Waals surface area contributed by atoms with Crippen LogP contribution in [-0.2, 0) is 4.79 Å². The minimum absolute atomic E-state index is 0. The maximum Gasteiger partial charge on any atom is 0.573 e. The van der Waals surface area contributed by atoms with E-state index in [2.05, 4.69) is 20.0 Å². The van der Waals surface area contributed by atoms with E-state index in [0.717, 1.165) is 29.9 Å². The lowest BCUT2D eigenvalue weighted by atomic mass is 9.76. The minimum Gasteiger partial charge on any atom is -0.406 e. The number of ether oxygens (including phenoxy) is 1. The fourth-order valence-electron chi connectivity index (χ4n) is 4.06. The average Bonchev–Trinajstić information content (AvgIpc) is 2.69. The molecule has 2 aliphatic rings. The van der Waals surface area contributed by atoms with Crippen LogP contribution >= 0.6 is 0 Å². The Bertz CT molecular complexity index is 946. The molecule has 0 spiro atoms. The molecule has 1 aliphatic carbocycles. The van der Waals surface area contributed by atoms with Crippen molar-refractivity contribution >= 4 is 23.4 Å². The van der Waals surface area contributed by atoms with E-state index in [1.54, 1.807) is 23.2 Å². The number of fused-ring (bicyclic) bond motifs is 1. The van der Waals surface area contributed by atoms with Crippen LogP contribution in [0.5, 0.6) is 5.75 Å². The largest absolute Gasteiger partial charge is 0.573 e. The molecule has 0 saturated heterocycles. The van der Waals surface area contributed by atoms with Gasteiger partial charge in [0.15, 0.2) is 5.82 Å². The highest BCUT2D eigenvalue weighted by atomic mass is 19.4. The molecular weight excluding hydrogens is 435 g/mol. The number of likely N-dealkylation sites (N-methyl/N-ethyl adjacent to an activating group) is 2. The van der Waals surface area contributed by atoms with Crippen LogP contribution < -0.4 is 19.9 Å². The Kier molecular flexibility index (Phi) is 8.16. The Morgan fingerprint density at radius 1 is 1.12 bits per heavy atom. The van der Waals surface area contributed by atoms with Crippen LogP contribution in [0.4, 0.5) is 30.6 Å². The zero-order chi connectivity index (χ0) is 22.2. The number of carbonyl (C=O) groups excluding carboxylic acids is 1. The average molecular weight is 468 g/mol. The molecule has 4 rings (SSSR count). The molecule has 1 aliphatic heterocycles. The van der Waals surface area contributed by atoms with Crippen molar-refractivity contribution in [2.45, 2.75) is 59.9 Å². The number of rotatable bonds is 6. The van der Waals surface area contributed by atoms with Gasteiger partial charge in [0.2, 0.25) is 11.9 Å². The van der Waals surface area contributed by atoms with Crippen LogP contribution in [0.3, 0.4) is 0 Å². The first-order valence-electron chi connectivity index (χ1n) is 10.3. The van der Waals surface area contributed by atoms with Gasteiger partial charge in [0.1, 0.15) is 11.4 Å². The highest BCUT2D eigenvalue weighted by Crippen LogP contribution is 2.39. The molecule has 2 aromatic rings. The number of nitrogens with one attached hydrogen (secondary N) is 1. The summed E-state index contributed by atoms with van der Waals surface area (Å²) in [6, 6.07) is 6.21. The zero-order valence-corrected chi connectivity index (χ0v) is 17.3. The smallest absolute Gasteiger partial charge is 0.406 e. The molecule has 2 heterocycles. The summed E-state index contributed by atoms with van der Waals surface area (Å²) < 4.78 is 40.8. The van der Waals surface area contributed by atoms with Crippen LogP contribution in [0.1, 0.15) is 53.0 Å². The van der Waals surface area contributed by atoms with Gasteiger partial charge in [-0.25, -0.2) is 4.98 Å². The Hall–Kier alpha value is -3.04. The van der Waals surface area contributed by atoms with Gasteiger partial charge in [-0.3, -0.25) is 4.79 Å². The van der Waals surface area contributed by atoms with Crippen LogP contribution in [0.2, 0.25) is 0 Å². The molecule has 7 nitrogen and oxygen atoms in total. The number of benzene rings is 1. The van der Waals surface area contributed by atoms with Crippen molar-refractivity contribution in [3.63, 3.8) is 0 Å². The number of anilines is 3. The lowest BCUT2D eigenvalue weighted by Gasteiger charge is -2.37. The van der Waals surface area contributed by atoms with E-state index >= 15 is 0 Å². The molecule has 1 fully saturated rings. The fraction of sp³-hybridized carbons (Fsp3) is 0.522.